The third-order valence-electron chi connectivity index (χ3n) is 4.05. The van der Waals surface area contributed by atoms with Crippen LogP contribution in [-0.2, 0) is 12.8 Å². The Bertz CT molecular complexity index is 1040. The summed E-state index contributed by atoms with van der Waals surface area (Å²) in [6, 6.07) is 1.86. The van der Waals surface area contributed by atoms with Crippen LogP contribution in [-0.4, -0.2) is 24.9 Å². The lowest BCUT2D eigenvalue weighted by molar-refractivity contribution is -0.140. The van der Waals surface area contributed by atoms with E-state index in [2.05, 4.69) is 15.1 Å². The van der Waals surface area contributed by atoms with Crippen molar-refractivity contribution in [3.8, 4) is 0 Å². The van der Waals surface area contributed by atoms with Crippen LogP contribution >= 0.6 is 0 Å². The van der Waals surface area contributed by atoms with E-state index in [0.29, 0.717) is 11.9 Å². The molecule has 6 nitrogen and oxygen atoms in total. The zero-order valence-corrected chi connectivity index (χ0v) is 13.7. The van der Waals surface area contributed by atoms with Gasteiger partial charge in [0, 0.05) is 0 Å². The van der Waals surface area contributed by atoms with Crippen molar-refractivity contribution in [3.63, 3.8) is 0 Å². The fourth-order valence-electron chi connectivity index (χ4n) is 2.77. The second-order valence-electron chi connectivity index (χ2n) is 5.81. The van der Waals surface area contributed by atoms with Crippen LogP contribution in [0.25, 0.3) is 11.0 Å². The van der Waals surface area contributed by atoms with E-state index in [1.54, 1.807) is 13.8 Å². The molecule has 3 aromatic rings. The summed E-state index contributed by atoms with van der Waals surface area (Å²) in [5.74, 6) is -1.10. The summed E-state index contributed by atoms with van der Waals surface area (Å²) in [5.41, 5.74) is -1.41. The second kappa shape index (κ2) is 6.20. The van der Waals surface area contributed by atoms with Gasteiger partial charge >= 0.3 is 6.18 Å². The summed E-state index contributed by atoms with van der Waals surface area (Å²) in [4.78, 5) is 18.8. The number of benzene rings is 1. The van der Waals surface area contributed by atoms with Gasteiger partial charge in [-0.1, -0.05) is 6.07 Å². The largest absolute Gasteiger partial charge is 0.419 e. The molecule has 0 saturated heterocycles. The molecule has 138 valence electrons. The number of fused-ring (bicyclic) bond motifs is 1. The normalized spacial score (nSPS) is 13.3. The van der Waals surface area contributed by atoms with E-state index >= 15 is 0 Å². The van der Waals surface area contributed by atoms with Gasteiger partial charge in [0.05, 0.1) is 18.2 Å². The number of hydrogen-bond donors (Lipinski definition) is 2. The highest BCUT2D eigenvalue weighted by atomic mass is 19.4. The van der Waals surface area contributed by atoms with Crippen molar-refractivity contribution in [1.29, 1.82) is 0 Å². The summed E-state index contributed by atoms with van der Waals surface area (Å²) >= 11 is 0. The van der Waals surface area contributed by atoms with Gasteiger partial charge in [-0.05, 0) is 31.5 Å². The zero-order chi connectivity index (χ0) is 19.2. The molecule has 0 aliphatic rings. The third kappa shape index (κ3) is 2.96. The number of halogens is 4. The Morgan fingerprint density at radius 3 is 2.62 bits per heavy atom. The number of aromatic nitrogens is 4. The summed E-state index contributed by atoms with van der Waals surface area (Å²) in [6.45, 7) is 2.61. The van der Waals surface area contributed by atoms with E-state index in [-0.39, 0.29) is 22.3 Å². The lowest BCUT2D eigenvalue weighted by Crippen LogP contribution is -2.14. The van der Waals surface area contributed by atoms with E-state index in [9.17, 15) is 27.5 Å². The molecule has 0 saturated carbocycles. The van der Waals surface area contributed by atoms with E-state index in [0.717, 1.165) is 12.1 Å². The molecule has 0 spiro atoms. The Balaban J connectivity index is 2.15. The van der Waals surface area contributed by atoms with Gasteiger partial charge < -0.3 is 10.1 Å². The van der Waals surface area contributed by atoms with E-state index in [4.69, 9.17) is 0 Å². The number of alkyl halides is 3. The molecule has 3 rings (SSSR count). The Morgan fingerprint density at radius 2 is 2.04 bits per heavy atom. The topological polar surface area (TPSA) is 83.8 Å². The summed E-state index contributed by atoms with van der Waals surface area (Å²) in [5, 5.41) is 13.6. The lowest BCUT2D eigenvalue weighted by atomic mass is 10.1. The lowest BCUT2D eigenvalue weighted by Gasteiger charge is -2.15. The highest BCUT2D eigenvalue weighted by molar-refractivity contribution is 5.77. The molecular formula is C16H14F4N4O2. The Kier molecular flexibility index (Phi) is 4.31. The molecular weight excluding hydrogens is 356 g/mol. The quantitative estimate of drug-likeness (QED) is 0.695. The molecule has 26 heavy (non-hydrogen) atoms. The SMILES string of the molecule is Cc1nc2c(c(CO)nn2C(C)c2ccc(C(F)(F)F)c(F)c2)c(=O)[nH]1. The zero-order valence-electron chi connectivity index (χ0n) is 13.7. The summed E-state index contributed by atoms with van der Waals surface area (Å²) in [6.07, 6.45) is -4.79. The number of hydrogen-bond acceptors (Lipinski definition) is 4. The van der Waals surface area contributed by atoms with Crippen LogP contribution in [0.1, 0.15) is 35.6 Å². The third-order valence-corrected chi connectivity index (χ3v) is 4.05. The van der Waals surface area contributed by atoms with Crippen molar-refractivity contribution in [1.82, 2.24) is 19.7 Å². The van der Waals surface area contributed by atoms with Crippen LogP contribution in [0.3, 0.4) is 0 Å². The van der Waals surface area contributed by atoms with Crippen molar-refractivity contribution in [2.75, 3.05) is 0 Å². The molecule has 0 amide bonds. The van der Waals surface area contributed by atoms with Gasteiger partial charge in [0.2, 0.25) is 0 Å². The molecule has 0 radical (unpaired) electrons. The minimum atomic E-state index is -4.79. The van der Waals surface area contributed by atoms with E-state index in [1.165, 1.54) is 4.68 Å². The number of nitrogens with one attached hydrogen (secondary N) is 1. The van der Waals surface area contributed by atoms with Gasteiger partial charge in [-0.15, -0.1) is 0 Å². The van der Waals surface area contributed by atoms with E-state index in [1.807, 2.05) is 0 Å². The van der Waals surface area contributed by atoms with Gasteiger partial charge in [-0.25, -0.2) is 14.1 Å². The van der Waals surface area contributed by atoms with Crippen molar-refractivity contribution < 1.29 is 22.7 Å². The maximum Gasteiger partial charge on any atom is 0.419 e. The number of aliphatic hydroxyl groups excluding tert-OH is 1. The van der Waals surface area contributed by atoms with Gasteiger partial charge in [0.15, 0.2) is 5.65 Å². The van der Waals surface area contributed by atoms with Crippen molar-refractivity contribution in [2.24, 2.45) is 0 Å². The first-order valence-corrected chi connectivity index (χ1v) is 7.59. The van der Waals surface area contributed by atoms with E-state index < -0.39 is 35.8 Å². The smallest absolute Gasteiger partial charge is 0.390 e. The fraction of sp³-hybridized carbons (Fsp3) is 0.312. The molecule has 1 aromatic carbocycles. The first kappa shape index (κ1) is 18.1. The fourth-order valence-corrected chi connectivity index (χ4v) is 2.77. The number of nitrogens with zero attached hydrogens (tertiary/aromatic N) is 3. The van der Waals surface area contributed by atoms with Crippen LogP contribution < -0.4 is 5.56 Å². The Labute approximate surface area is 144 Å². The molecule has 1 unspecified atom stereocenters. The first-order valence-electron chi connectivity index (χ1n) is 7.59. The molecule has 2 heterocycles. The van der Waals surface area contributed by atoms with Gasteiger partial charge in [-0.3, -0.25) is 4.79 Å². The predicted octanol–water partition coefficient (Wildman–Crippen LogP) is 2.69. The standard InChI is InChI=1S/C16H14F4N4O2/c1-7(9-3-4-10(11(17)5-9)16(18,19)20)24-14-13(12(6-25)23-24)15(26)22-8(2)21-14/h3-5,7,25H,6H2,1-2H3,(H,21,22,26). The highest BCUT2D eigenvalue weighted by Gasteiger charge is 2.34. The minimum absolute atomic E-state index is 0.0768. The molecule has 10 heteroatoms. The monoisotopic (exact) mass is 370 g/mol. The maximum atomic E-state index is 13.9. The number of aryl methyl sites for hydroxylation is 1. The number of rotatable bonds is 3. The van der Waals surface area contributed by atoms with Gasteiger partial charge in [0.25, 0.3) is 5.56 Å². The molecule has 0 bridgehead atoms. The number of H-pyrrole nitrogens is 1. The van der Waals surface area contributed by atoms with Crippen molar-refractivity contribution in [2.45, 2.75) is 32.7 Å². The maximum absolute atomic E-state index is 13.9. The van der Waals surface area contributed by atoms with Crippen molar-refractivity contribution in [3.05, 3.63) is 57.0 Å². The van der Waals surface area contributed by atoms with Gasteiger partial charge in [-0.2, -0.15) is 18.3 Å². The molecule has 0 aliphatic carbocycles. The summed E-state index contributed by atoms with van der Waals surface area (Å²) < 4.78 is 53.3. The number of aliphatic hydroxyl groups is 1. The van der Waals surface area contributed by atoms with Crippen LogP contribution in [0.2, 0.25) is 0 Å². The average Bonchev–Trinajstić information content (AvgIpc) is 2.91. The van der Waals surface area contributed by atoms with Crippen LogP contribution in [0.15, 0.2) is 23.0 Å². The average molecular weight is 370 g/mol. The summed E-state index contributed by atoms with van der Waals surface area (Å²) in [7, 11) is 0. The van der Waals surface area contributed by atoms with Crippen LogP contribution in [0.4, 0.5) is 17.6 Å². The van der Waals surface area contributed by atoms with Crippen LogP contribution in [0, 0.1) is 12.7 Å². The Hall–Kier alpha value is -2.75. The minimum Gasteiger partial charge on any atom is -0.390 e. The molecule has 1 atom stereocenters. The highest BCUT2D eigenvalue weighted by Crippen LogP contribution is 2.33. The van der Waals surface area contributed by atoms with Crippen molar-refractivity contribution >= 4 is 11.0 Å². The Morgan fingerprint density at radius 1 is 1.35 bits per heavy atom. The van der Waals surface area contributed by atoms with Gasteiger partial charge in [0.1, 0.15) is 22.7 Å². The number of aromatic amines is 1. The molecule has 0 aliphatic heterocycles. The second-order valence-corrected chi connectivity index (χ2v) is 5.81. The first-order chi connectivity index (χ1) is 12.1. The predicted molar refractivity (Wildman–Crippen MR) is 84.0 cm³/mol. The molecule has 2 aromatic heterocycles. The molecule has 2 N–H and O–H groups in total. The van der Waals surface area contributed by atoms with Crippen LogP contribution in [0.5, 0.6) is 0 Å². The molecule has 0 fully saturated rings.